The molecule has 3 aromatic rings. The fraction of sp³-hybridized carbons (Fsp3) is 0.318. The molecule has 0 bridgehead atoms. The number of hydrogen-bond acceptors (Lipinski definition) is 6. The minimum Gasteiger partial charge on any atom is -0.356 e. The highest BCUT2D eigenvalue weighted by molar-refractivity contribution is 5.67. The molecule has 6 nitrogen and oxygen atoms in total. The van der Waals surface area contributed by atoms with Gasteiger partial charge in [0.1, 0.15) is 5.82 Å². The van der Waals surface area contributed by atoms with E-state index in [2.05, 4.69) is 16.0 Å². The van der Waals surface area contributed by atoms with Gasteiger partial charge in [-0.3, -0.25) is 4.98 Å². The van der Waals surface area contributed by atoms with Gasteiger partial charge in [-0.2, -0.15) is 0 Å². The number of aromatic nitrogens is 3. The predicted octanol–water partition coefficient (Wildman–Crippen LogP) is 3.55. The fourth-order valence-electron chi connectivity index (χ4n) is 3.84. The average molecular weight is 374 g/mol. The first-order valence-corrected chi connectivity index (χ1v) is 9.69. The Morgan fingerprint density at radius 3 is 2.32 bits per heavy atom. The predicted molar refractivity (Wildman–Crippen MR) is 107 cm³/mol. The third-order valence-corrected chi connectivity index (χ3v) is 5.36. The van der Waals surface area contributed by atoms with Gasteiger partial charge in [-0.1, -0.05) is 30.3 Å². The molecule has 0 amide bonds. The molecule has 0 N–H and O–H groups in total. The first-order chi connectivity index (χ1) is 13.8. The summed E-state index contributed by atoms with van der Waals surface area (Å²) in [4.78, 5) is 16.2. The van der Waals surface area contributed by atoms with Gasteiger partial charge in [0, 0.05) is 55.5 Å². The molecule has 5 rings (SSSR count). The maximum Gasteiger partial charge on any atom is 0.171 e. The van der Waals surface area contributed by atoms with Crippen LogP contribution in [-0.4, -0.2) is 47.0 Å². The number of ether oxygens (including phenoxy) is 2. The molecule has 0 saturated carbocycles. The number of pyridine rings is 1. The maximum atomic E-state index is 5.86. The molecular formula is C22H22N4O2. The van der Waals surface area contributed by atoms with Crippen LogP contribution in [-0.2, 0) is 9.47 Å². The minimum absolute atomic E-state index is 0.391. The first-order valence-electron chi connectivity index (χ1n) is 9.69. The van der Waals surface area contributed by atoms with Crippen LogP contribution in [0.25, 0.3) is 22.6 Å². The smallest absolute Gasteiger partial charge is 0.171 e. The van der Waals surface area contributed by atoms with Gasteiger partial charge in [-0.15, -0.1) is 0 Å². The zero-order valence-corrected chi connectivity index (χ0v) is 15.6. The van der Waals surface area contributed by atoms with E-state index in [1.165, 1.54) is 0 Å². The molecule has 2 fully saturated rings. The van der Waals surface area contributed by atoms with E-state index >= 15 is 0 Å². The van der Waals surface area contributed by atoms with Crippen molar-refractivity contribution in [3.05, 3.63) is 60.9 Å². The number of piperidine rings is 1. The lowest BCUT2D eigenvalue weighted by atomic mass is 10.0. The summed E-state index contributed by atoms with van der Waals surface area (Å²) in [5.74, 6) is 1.27. The summed E-state index contributed by atoms with van der Waals surface area (Å²) >= 11 is 0. The van der Waals surface area contributed by atoms with Gasteiger partial charge >= 0.3 is 0 Å². The second-order valence-corrected chi connectivity index (χ2v) is 7.14. The Labute approximate surface area is 164 Å². The summed E-state index contributed by atoms with van der Waals surface area (Å²) < 4.78 is 11.7. The monoisotopic (exact) mass is 374 g/mol. The van der Waals surface area contributed by atoms with Crippen molar-refractivity contribution < 1.29 is 9.47 Å². The molecular weight excluding hydrogens is 352 g/mol. The molecule has 2 aliphatic rings. The lowest BCUT2D eigenvalue weighted by molar-refractivity contribution is -0.169. The van der Waals surface area contributed by atoms with E-state index in [1.54, 1.807) is 6.20 Å². The fourth-order valence-corrected chi connectivity index (χ4v) is 3.84. The highest BCUT2D eigenvalue weighted by Crippen LogP contribution is 2.34. The van der Waals surface area contributed by atoms with Crippen LogP contribution < -0.4 is 4.90 Å². The summed E-state index contributed by atoms with van der Waals surface area (Å²) in [7, 11) is 0. The van der Waals surface area contributed by atoms with Crippen LogP contribution in [0.1, 0.15) is 12.8 Å². The number of nitrogens with zero attached hydrogens (tertiary/aromatic N) is 4. The van der Waals surface area contributed by atoms with Crippen molar-refractivity contribution in [2.75, 3.05) is 31.2 Å². The Hall–Kier alpha value is -2.83. The second kappa shape index (κ2) is 7.30. The van der Waals surface area contributed by atoms with Crippen LogP contribution in [0, 0.1) is 0 Å². The molecule has 1 aromatic carbocycles. The van der Waals surface area contributed by atoms with E-state index in [-0.39, 0.29) is 0 Å². The third kappa shape index (κ3) is 3.37. The van der Waals surface area contributed by atoms with E-state index in [1.807, 2.05) is 48.7 Å². The molecule has 28 heavy (non-hydrogen) atoms. The number of rotatable bonds is 3. The quantitative estimate of drug-likeness (QED) is 0.699. The van der Waals surface area contributed by atoms with Crippen LogP contribution in [0.3, 0.4) is 0 Å². The standard InChI is InChI=1S/C22H22N4O2/c1-2-5-17(6-3-1)21-24-19(18-7-4-10-23-16-18)15-20(25-21)26-11-8-22(9-12-26)27-13-14-28-22/h1-7,10,15-16H,8-9,11-14H2. The first kappa shape index (κ1) is 17.3. The number of hydrogen-bond donors (Lipinski definition) is 0. The lowest BCUT2D eigenvalue weighted by Gasteiger charge is -2.38. The molecule has 2 aliphatic heterocycles. The largest absolute Gasteiger partial charge is 0.356 e. The van der Waals surface area contributed by atoms with Gasteiger partial charge in [0.05, 0.1) is 18.9 Å². The Bertz CT molecular complexity index is 876. The van der Waals surface area contributed by atoms with Crippen LogP contribution in [0.15, 0.2) is 60.9 Å². The summed E-state index contributed by atoms with van der Waals surface area (Å²) in [6, 6.07) is 16.1. The topological polar surface area (TPSA) is 60.4 Å². The minimum atomic E-state index is -0.391. The van der Waals surface area contributed by atoms with Crippen LogP contribution in [0.4, 0.5) is 5.82 Å². The molecule has 0 atom stereocenters. The molecule has 6 heteroatoms. The highest BCUT2D eigenvalue weighted by atomic mass is 16.7. The van der Waals surface area contributed by atoms with Gasteiger partial charge in [-0.05, 0) is 12.1 Å². The number of benzene rings is 1. The molecule has 0 aliphatic carbocycles. The van der Waals surface area contributed by atoms with Crippen molar-refractivity contribution in [1.82, 2.24) is 15.0 Å². The van der Waals surface area contributed by atoms with Gasteiger partial charge in [0.15, 0.2) is 11.6 Å². The van der Waals surface area contributed by atoms with Crippen molar-refractivity contribution in [1.29, 1.82) is 0 Å². The Kier molecular flexibility index (Phi) is 4.50. The van der Waals surface area contributed by atoms with Crippen LogP contribution in [0.5, 0.6) is 0 Å². The van der Waals surface area contributed by atoms with Crippen molar-refractivity contribution in [3.63, 3.8) is 0 Å². The molecule has 1 spiro atoms. The van der Waals surface area contributed by atoms with Gasteiger partial charge in [0.2, 0.25) is 0 Å². The summed E-state index contributed by atoms with van der Waals surface area (Å²) in [6.45, 7) is 3.07. The van der Waals surface area contributed by atoms with Gasteiger partial charge in [-0.25, -0.2) is 9.97 Å². The van der Waals surface area contributed by atoms with E-state index < -0.39 is 5.79 Å². The zero-order valence-electron chi connectivity index (χ0n) is 15.6. The Morgan fingerprint density at radius 2 is 1.61 bits per heavy atom. The van der Waals surface area contributed by atoms with E-state index in [9.17, 15) is 0 Å². The molecule has 0 radical (unpaired) electrons. The average Bonchev–Trinajstić information content (AvgIpc) is 3.23. The second-order valence-electron chi connectivity index (χ2n) is 7.14. The van der Waals surface area contributed by atoms with Crippen molar-refractivity contribution in [2.45, 2.75) is 18.6 Å². The van der Waals surface area contributed by atoms with Crippen molar-refractivity contribution in [2.24, 2.45) is 0 Å². The molecule has 0 unspecified atom stereocenters. The molecule has 142 valence electrons. The zero-order chi connectivity index (χ0) is 18.8. The SMILES string of the molecule is c1ccc(-c2nc(-c3cccnc3)cc(N3CCC4(CC3)OCCO4)n2)cc1. The molecule has 2 aromatic heterocycles. The maximum absolute atomic E-state index is 5.86. The third-order valence-electron chi connectivity index (χ3n) is 5.36. The normalized spacial score (nSPS) is 18.5. The van der Waals surface area contributed by atoms with Crippen LogP contribution in [0.2, 0.25) is 0 Å². The van der Waals surface area contributed by atoms with Gasteiger partial charge in [0.25, 0.3) is 0 Å². The lowest BCUT2D eigenvalue weighted by Crippen LogP contribution is -2.45. The van der Waals surface area contributed by atoms with Gasteiger partial charge < -0.3 is 14.4 Å². The van der Waals surface area contributed by atoms with E-state index in [0.29, 0.717) is 13.2 Å². The van der Waals surface area contributed by atoms with Crippen molar-refractivity contribution >= 4 is 5.82 Å². The summed E-state index contributed by atoms with van der Waals surface area (Å²) in [6.07, 6.45) is 5.31. The molecule has 4 heterocycles. The molecule has 2 saturated heterocycles. The highest BCUT2D eigenvalue weighted by Gasteiger charge is 2.40. The van der Waals surface area contributed by atoms with Crippen LogP contribution >= 0.6 is 0 Å². The van der Waals surface area contributed by atoms with E-state index in [4.69, 9.17) is 19.4 Å². The Balaban J connectivity index is 1.50. The van der Waals surface area contributed by atoms with E-state index in [0.717, 1.165) is 54.4 Å². The van der Waals surface area contributed by atoms with Crippen molar-refractivity contribution in [3.8, 4) is 22.6 Å². The summed E-state index contributed by atoms with van der Waals surface area (Å²) in [5, 5.41) is 0. The summed E-state index contributed by atoms with van der Waals surface area (Å²) in [5.41, 5.74) is 2.87. The number of anilines is 1. The Morgan fingerprint density at radius 1 is 0.857 bits per heavy atom.